The third-order valence-corrected chi connectivity index (χ3v) is 8.72. The summed E-state index contributed by atoms with van der Waals surface area (Å²) in [6.45, 7) is 7.55. The highest BCUT2D eigenvalue weighted by Gasteiger charge is 2.49. The number of methoxy groups -OCH3 is 1. The molecule has 220 valence electrons. The summed E-state index contributed by atoms with van der Waals surface area (Å²) in [5.74, 6) is -0.315. The van der Waals surface area contributed by atoms with Crippen LogP contribution in [0.2, 0.25) is 5.28 Å². The van der Waals surface area contributed by atoms with Gasteiger partial charge in [0.05, 0.1) is 17.4 Å². The minimum Gasteiger partial charge on any atom is -0.468 e. The predicted molar refractivity (Wildman–Crippen MR) is 152 cm³/mol. The van der Waals surface area contributed by atoms with Crippen molar-refractivity contribution in [3.63, 3.8) is 0 Å². The van der Waals surface area contributed by atoms with Gasteiger partial charge >= 0.3 is 17.7 Å². The van der Waals surface area contributed by atoms with Gasteiger partial charge in [-0.15, -0.1) is 0 Å². The fourth-order valence-corrected chi connectivity index (χ4v) is 6.91. The molecule has 2 atom stereocenters. The van der Waals surface area contributed by atoms with E-state index < -0.39 is 21.9 Å². The normalized spacial score (nSPS) is 23.9. The molecule has 0 saturated carbocycles. The van der Waals surface area contributed by atoms with Gasteiger partial charge in [0.2, 0.25) is 11.1 Å². The van der Waals surface area contributed by atoms with Gasteiger partial charge in [0.15, 0.2) is 0 Å². The third kappa shape index (κ3) is 5.56. The fraction of sp³-hybridized carbons (Fsp3) is 0.586. The summed E-state index contributed by atoms with van der Waals surface area (Å²) in [5, 5.41) is 12.5. The second kappa shape index (κ2) is 10.7. The largest absolute Gasteiger partial charge is 0.468 e. The summed E-state index contributed by atoms with van der Waals surface area (Å²) in [6.07, 6.45) is 3.11. The van der Waals surface area contributed by atoms with Crippen molar-refractivity contribution in [2.75, 3.05) is 38.2 Å². The van der Waals surface area contributed by atoms with E-state index in [-0.39, 0.29) is 40.4 Å². The van der Waals surface area contributed by atoms with E-state index >= 15 is 0 Å². The smallest absolute Gasteiger partial charge is 0.410 e. The number of halogens is 1. The van der Waals surface area contributed by atoms with Crippen LogP contribution in [0.15, 0.2) is 24.3 Å². The Hall–Kier alpha value is -3.47. The minimum absolute atomic E-state index is 0.0341. The number of amides is 1. The van der Waals surface area contributed by atoms with E-state index in [4.69, 9.17) is 21.1 Å². The average Bonchev–Trinajstić information content (AvgIpc) is 3.53. The molecule has 41 heavy (non-hydrogen) atoms. The second-order valence-electron chi connectivity index (χ2n) is 12.5. The Morgan fingerprint density at radius 2 is 1.85 bits per heavy atom. The van der Waals surface area contributed by atoms with Gasteiger partial charge in [-0.25, -0.2) is 9.78 Å². The van der Waals surface area contributed by atoms with Crippen molar-refractivity contribution < 1.29 is 24.0 Å². The first kappa shape index (κ1) is 29.0. The number of hydrogen-bond donors (Lipinski definition) is 0. The molecule has 11 nitrogen and oxygen atoms in total. The zero-order valence-electron chi connectivity index (χ0n) is 23.9. The number of carbonyl (C=O) groups is 2. The van der Waals surface area contributed by atoms with E-state index in [1.54, 1.807) is 4.90 Å². The van der Waals surface area contributed by atoms with Crippen molar-refractivity contribution in [2.24, 2.45) is 5.41 Å². The number of nitro groups is 1. The number of ether oxygens (including phenoxy) is 2. The van der Waals surface area contributed by atoms with Gasteiger partial charge < -0.3 is 19.3 Å². The third-order valence-electron chi connectivity index (χ3n) is 8.55. The lowest BCUT2D eigenvalue weighted by molar-refractivity contribution is -0.385. The van der Waals surface area contributed by atoms with Crippen LogP contribution in [0.4, 0.5) is 16.3 Å². The van der Waals surface area contributed by atoms with Crippen LogP contribution >= 0.6 is 11.6 Å². The zero-order chi connectivity index (χ0) is 29.6. The van der Waals surface area contributed by atoms with Crippen molar-refractivity contribution in [3.8, 4) is 0 Å². The van der Waals surface area contributed by atoms with Crippen LogP contribution in [0.3, 0.4) is 0 Å². The molecule has 2 saturated heterocycles. The van der Waals surface area contributed by atoms with E-state index in [2.05, 4.69) is 9.97 Å². The number of likely N-dealkylation sites (tertiary alicyclic amines) is 1. The molecule has 12 heteroatoms. The highest BCUT2D eigenvalue weighted by atomic mass is 35.5. The standard InChI is InChI=1S/C29H36ClN5O6/c1-27(2,3)41-26(37)34-15-13-28(18-34)12-14-33(17-28)23-22(35(38)39)21(31-25(30)32-23)16-29(24(36)40-4)11-7-9-19-8-5-6-10-20(19)29/h5-6,8,10H,7,9,11-18H2,1-4H3. The summed E-state index contributed by atoms with van der Waals surface area (Å²) in [5.41, 5.74) is -0.285. The highest BCUT2D eigenvalue weighted by molar-refractivity contribution is 6.28. The topological polar surface area (TPSA) is 128 Å². The van der Waals surface area contributed by atoms with Crippen molar-refractivity contribution in [2.45, 2.75) is 70.3 Å². The maximum atomic E-state index is 13.4. The number of benzene rings is 1. The number of hydrogen-bond acceptors (Lipinski definition) is 9. The molecule has 1 spiro atoms. The Balaban J connectivity index is 1.47. The lowest BCUT2D eigenvalue weighted by Crippen LogP contribution is -2.42. The van der Waals surface area contributed by atoms with Gasteiger partial charge in [0, 0.05) is 38.0 Å². The Kier molecular flexibility index (Phi) is 7.61. The molecule has 0 N–H and O–H groups in total. The molecule has 2 aliphatic heterocycles. The van der Waals surface area contributed by atoms with Gasteiger partial charge in [0.25, 0.3) is 0 Å². The molecule has 1 aromatic carbocycles. The minimum atomic E-state index is -1.13. The number of aromatic nitrogens is 2. The first-order chi connectivity index (χ1) is 19.4. The number of carbonyl (C=O) groups excluding carboxylic acids is 2. The number of anilines is 1. The summed E-state index contributed by atoms with van der Waals surface area (Å²) in [6, 6.07) is 7.65. The molecule has 2 unspecified atom stereocenters. The molecule has 1 aromatic heterocycles. The molecule has 1 amide bonds. The summed E-state index contributed by atoms with van der Waals surface area (Å²) >= 11 is 6.40. The predicted octanol–water partition coefficient (Wildman–Crippen LogP) is 4.87. The van der Waals surface area contributed by atoms with Crippen LogP contribution in [0.25, 0.3) is 0 Å². The Bertz CT molecular complexity index is 1380. The maximum absolute atomic E-state index is 13.4. The van der Waals surface area contributed by atoms with Crippen molar-refractivity contribution in [1.29, 1.82) is 0 Å². The second-order valence-corrected chi connectivity index (χ2v) is 12.8. The number of rotatable bonds is 5. The number of aryl methyl sites for hydroxylation is 1. The van der Waals surface area contributed by atoms with E-state index in [9.17, 15) is 19.7 Å². The Morgan fingerprint density at radius 3 is 2.56 bits per heavy atom. The highest BCUT2D eigenvalue weighted by Crippen LogP contribution is 2.46. The number of esters is 1. The van der Waals surface area contributed by atoms with Crippen LogP contribution in [-0.4, -0.2) is 70.7 Å². The van der Waals surface area contributed by atoms with Gasteiger partial charge in [-0.2, -0.15) is 4.98 Å². The van der Waals surface area contributed by atoms with Crippen molar-refractivity contribution >= 4 is 35.2 Å². The molecule has 0 bridgehead atoms. The molecule has 3 aliphatic rings. The molecule has 1 aliphatic carbocycles. The molecule has 0 radical (unpaired) electrons. The van der Waals surface area contributed by atoms with E-state index in [0.717, 1.165) is 36.8 Å². The molecule has 2 aromatic rings. The van der Waals surface area contributed by atoms with Crippen LogP contribution < -0.4 is 4.90 Å². The van der Waals surface area contributed by atoms with Crippen LogP contribution in [0.1, 0.15) is 63.3 Å². The number of fused-ring (bicyclic) bond motifs is 1. The van der Waals surface area contributed by atoms with E-state index in [0.29, 0.717) is 32.6 Å². The first-order valence-electron chi connectivity index (χ1n) is 14.0. The molecule has 3 heterocycles. The first-order valence-corrected chi connectivity index (χ1v) is 14.3. The SMILES string of the molecule is COC(=O)C1(Cc2nc(Cl)nc(N3CCC4(CCN(C(=O)OC(C)(C)C)C4)C3)c2[N+](=O)[O-])CCCc2ccccc21. The quantitative estimate of drug-likeness (QED) is 0.209. The van der Waals surface area contributed by atoms with Crippen LogP contribution in [-0.2, 0) is 32.5 Å². The van der Waals surface area contributed by atoms with Crippen LogP contribution in [0, 0.1) is 15.5 Å². The van der Waals surface area contributed by atoms with Crippen molar-refractivity contribution in [1.82, 2.24) is 14.9 Å². The molecular formula is C29H36ClN5O6. The lowest BCUT2D eigenvalue weighted by Gasteiger charge is -2.36. The van der Waals surface area contributed by atoms with Crippen LogP contribution in [0.5, 0.6) is 0 Å². The summed E-state index contributed by atoms with van der Waals surface area (Å²) in [7, 11) is 1.33. The van der Waals surface area contributed by atoms with Gasteiger partial charge in [-0.3, -0.25) is 14.9 Å². The Labute approximate surface area is 244 Å². The average molecular weight is 586 g/mol. The lowest BCUT2D eigenvalue weighted by atomic mass is 9.67. The monoisotopic (exact) mass is 585 g/mol. The molecule has 5 rings (SSSR count). The summed E-state index contributed by atoms with van der Waals surface area (Å²) < 4.78 is 10.8. The van der Waals surface area contributed by atoms with Gasteiger partial charge in [-0.05, 0) is 75.6 Å². The maximum Gasteiger partial charge on any atom is 0.410 e. The van der Waals surface area contributed by atoms with Gasteiger partial charge in [-0.1, -0.05) is 24.3 Å². The molecular weight excluding hydrogens is 550 g/mol. The zero-order valence-corrected chi connectivity index (χ0v) is 24.7. The number of nitrogens with zero attached hydrogens (tertiary/aromatic N) is 5. The van der Waals surface area contributed by atoms with E-state index in [1.165, 1.54) is 7.11 Å². The fourth-order valence-electron chi connectivity index (χ4n) is 6.73. The molecule has 2 fully saturated rings. The van der Waals surface area contributed by atoms with Crippen molar-refractivity contribution in [3.05, 3.63) is 56.5 Å². The van der Waals surface area contributed by atoms with E-state index in [1.807, 2.05) is 49.9 Å². The summed E-state index contributed by atoms with van der Waals surface area (Å²) in [4.78, 5) is 50.4. The van der Waals surface area contributed by atoms with Gasteiger partial charge in [0.1, 0.15) is 11.3 Å². The Morgan fingerprint density at radius 1 is 1.12 bits per heavy atom.